The van der Waals surface area contributed by atoms with Crippen LogP contribution in [0.1, 0.15) is 252 Å². The monoisotopic (exact) mass is 1140 g/mol. The fraction of sp³-hybridized carbons (Fsp3) is 0.545. The van der Waals surface area contributed by atoms with Gasteiger partial charge in [0, 0.05) is 19.3 Å². The second-order valence-corrected chi connectivity index (χ2v) is 20.9. The van der Waals surface area contributed by atoms with Crippen molar-refractivity contribution in [1.82, 2.24) is 0 Å². The van der Waals surface area contributed by atoms with Crippen molar-refractivity contribution in [1.29, 1.82) is 0 Å². The van der Waals surface area contributed by atoms with Crippen LogP contribution in [0.5, 0.6) is 0 Å². The molecule has 83 heavy (non-hydrogen) atoms. The van der Waals surface area contributed by atoms with Gasteiger partial charge in [-0.3, -0.25) is 14.4 Å². The van der Waals surface area contributed by atoms with Gasteiger partial charge in [0.15, 0.2) is 6.10 Å². The van der Waals surface area contributed by atoms with Crippen LogP contribution in [0.4, 0.5) is 0 Å². The molecule has 0 aromatic heterocycles. The lowest BCUT2D eigenvalue weighted by Gasteiger charge is -2.18. The Morgan fingerprint density at radius 2 is 0.482 bits per heavy atom. The van der Waals surface area contributed by atoms with Crippen LogP contribution in [0.2, 0.25) is 0 Å². The van der Waals surface area contributed by atoms with Crippen LogP contribution in [0.3, 0.4) is 0 Å². The van der Waals surface area contributed by atoms with E-state index in [0.29, 0.717) is 12.8 Å². The quantitative estimate of drug-likeness (QED) is 0.0261. The van der Waals surface area contributed by atoms with Crippen LogP contribution >= 0.6 is 0 Å². The van der Waals surface area contributed by atoms with E-state index in [4.69, 9.17) is 14.2 Å². The average Bonchev–Trinajstić information content (AvgIpc) is 3.49. The molecule has 0 aliphatic carbocycles. The van der Waals surface area contributed by atoms with Crippen molar-refractivity contribution >= 4 is 17.9 Å². The van der Waals surface area contributed by atoms with E-state index in [1.54, 1.807) is 0 Å². The highest BCUT2D eigenvalue weighted by Crippen LogP contribution is 2.13. The Kier molecular flexibility index (Phi) is 64.0. The SMILES string of the molecule is CC/C=C\C/C=C\C/C=C\C/C=C\C/C=C\C/C=C\C/C=C\C/C=C\CCCCCCC(=O)OCC(COC(=O)CCC/C=C\C/C=C\C/C=C\C/C=C\C/C=C\CC)OC(=O)CCCCCCCC/C=C\C/C=C\C/C=C\CCCCC. The molecule has 0 fully saturated rings. The van der Waals surface area contributed by atoms with Crippen molar-refractivity contribution in [2.45, 2.75) is 258 Å². The lowest BCUT2D eigenvalue weighted by atomic mass is 10.1. The lowest BCUT2D eigenvalue weighted by molar-refractivity contribution is -0.167. The maximum atomic E-state index is 12.9. The Morgan fingerprint density at radius 3 is 0.783 bits per heavy atom. The summed E-state index contributed by atoms with van der Waals surface area (Å²) in [5.74, 6) is -1.03. The molecular weight excluding hydrogens is 1020 g/mol. The van der Waals surface area contributed by atoms with Crippen molar-refractivity contribution in [3.8, 4) is 0 Å². The molecule has 0 heterocycles. The van der Waals surface area contributed by atoms with E-state index in [2.05, 4.69) is 215 Å². The maximum absolute atomic E-state index is 12.9. The minimum atomic E-state index is -0.833. The van der Waals surface area contributed by atoms with Crippen LogP contribution in [-0.2, 0) is 28.6 Å². The molecule has 1 unspecified atom stereocenters. The molecule has 1 atom stereocenters. The molecule has 0 aliphatic heterocycles. The topological polar surface area (TPSA) is 78.9 Å². The Balaban J connectivity index is 4.54. The molecule has 0 amide bonds. The van der Waals surface area contributed by atoms with Crippen LogP contribution in [0.15, 0.2) is 194 Å². The Morgan fingerprint density at radius 1 is 0.253 bits per heavy atom. The zero-order chi connectivity index (χ0) is 59.9. The first-order valence-corrected chi connectivity index (χ1v) is 32.9. The van der Waals surface area contributed by atoms with Crippen LogP contribution in [-0.4, -0.2) is 37.2 Å². The van der Waals surface area contributed by atoms with Gasteiger partial charge in [0.1, 0.15) is 13.2 Å². The van der Waals surface area contributed by atoms with E-state index in [-0.39, 0.29) is 44.0 Å². The second-order valence-electron chi connectivity index (χ2n) is 20.9. The van der Waals surface area contributed by atoms with Crippen molar-refractivity contribution in [2.75, 3.05) is 13.2 Å². The number of carbonyl (C=O) groups is 3. The minimum Gasteiger partial charge on any atom is -0.462 e. The van der Waals surface area contributed by atoms with Crippen molar-refractivity contribution in [2.24, 2.45) is 0 Å². The number of hydrogen-bond acceptors (Lipinski definition) is 6. The number of hydrogen-bond donors (Lipinski definition) is 0. The molecule has 0 saturated heterocycles. The van der Waals surface area contributed by atoms with Gasteiger partial charge in [0.05, 0.1) is 0 Å². The van der Waals surface area contributed by atoms with Gasteiger partial charge in [-0.1, -0.05) is 267 Å². The number of rotatable bonds is 57. The molecule has 0 aliphatic rings. The number of unbranched alkanes of at least 4 members (excludes halogenated alkanes) is 14. The van der Waals surface area contributed by atoms with Gasteiger partial charge in [-0.05, 0) is 161 Å². The first-order valence-electron chi connectivity index (χ1n) is 32.9. The van der Waals surface area contributed by atoms with Gasteiger partial charge in [0.25, 0.3) is 0 Å². The summed E-state index contributed by atoms with van der Waals surface area (Å²) in [4.78, 5) is 38.4. The molecule has 0 aromatic carbocycles. The highest BCUT2D eigenvalue weighted by Gasteiger charge is 2.19. The summed E-state index contributed by atoms with van der Waals surface area (Å²) in [6.07, 6.45) is 104. The third-order valence-electron chi connectivity index (χ3n) is 13.1. The van der Waals surface area contributed by atoms with Gasteiger partial charge in [-0.2, -0.15) is 0 Å². The molecule has 6 heteroatoms. The van der Waals surface area contributed by atoms with Crippen molar-refractivity contribution < 1.29 is 28.6 Å². The predicted molar refractivity (Wildman–Crippen MR) is 361 cm³/mol. The minimum absolute atomic E-state index is 0.125. The third kappa shape index (κ3) is 66.9. The van der Waals surface area contributed by atoms with E-state index >= 15 is 0 Å². The molecular formula is C77H118O6. The summed E-state index contributed by atoms with van der Waals surface area (Å²) in [5.41, 5.74) is 0. The summed E-state index contributed by atoms with van der Waals surface area (Å²) in [5, 5.41) is 0. The van der Waals surface area contributed by atoms with Crippen LogP contribution in [0, 0.1) is 0 Å². The summed E-state index contributed by atoms with van der Waals surface area (Å²) in [6.45, 7) is 6.29. The summed E-state index contributed by atoms with van der Waals surface area (Å²) in [7, 11) is 0. The average molecular weight is 1140 g/mol. The molecule has 6 nitrogen and oxygen atoms in total. The molecule has 0 bridgehead atoms. The summed E-state index contributed by atoms with van der Waals surface area (Å²) < 4.78 is 16.9. The van der Waals surface area contributed by atoms with Crippen LogP contribution < -0.4 is 0 Å². The highest BCUT2D eigenvalue weighted by molar-refractivity contribution is 5.71. The zero-order valence-electron chi connectivity index (χ0n) is 52.9. The van der Waals surface area contributed by atoms with Gasteiger partial charge in [-0.25, -0.2) is 0 Å². The zero-order valence-corrected chi connectivity index (χ0v) is 52.9. The molecule has 0 spiro atoms. The van der Waals surface area contributed by atoms with E-state index in [0.717, 1.165) is 167 Å². The summed E-state index contributed by atoms with van der Waals surface area (Å²) in [6, 6.07) is 0. The second kappa shape index (κ2) is 68.7. The lowest BCUT2D eigenvalue weighted by Crippen LogP contribution is -2.30. The van der Waals surface area contributed by atoms with E-state index in [9.17, 15) is 14.4 Å². The highest BCUT2D eigenvalue weighted by atomic mass is 16.6. The number of allylic oxidation sites excluding steroid dienone is 32. The van der Waals surface area contributed by atoms with Gasteiger partial charge in [0.2, 0.25) is 0 Å². The van der Waals surface area contributed by atoms with Crippen molar-refractivity contribution in [3.05, 3.63) is 194 Å². The Labute approximate surface area is 509 Å². The van der Waals surface area contributed by atoms with Gasteiger partial charge >= 0.3 is 17.9 Å². The van der Waals surface area contributed by atoms with Crippen LogP contribution in [0.25, 0.3) is 0 Å². The maximum Gasteiger partial charge on any atom is 0.306 e. The van der Waals surface area contributed by atoms with E-state index in [1.165, 1.54) is 38.5 Å². The molecule has 0 aromatic rings. The first-order chi connectivity index (χ1) is 41.0. The molecule has 0 saturated carbocycles. The smallest absolute Gasteiger partial charge is 0.306 e. The first kappa shape index (κ1) is 77.2. The van der Waals surface area contributed by atoms with Gasteiger partial charge in [-0.15, -0.1) is 0 Å². The molecule has 462 valence electrons. The molecule has 0 rings (SSSR count). The third-order valence-corrected chi connectivity index (χ3v) is 13.1. The fourth-order valence-electron chi connectivity index (χ4n) is 8.21. The standard InChI is InChI=1S/C77H118O6/c1-4-7-10-13-16-19-22-25-28-31-33-34-35-36-37-38-39-40-41-42-44-46-49-52-55-58-61-64-67-70-76(79)82-73-74(72-81-75(78)69-66-63-60-57-54-51-48-45-30-27-24-21-18-15-12-9-6-3)83-77(80)71-68-65-62-59-56-53-50-47-43-32-29-26-23-20-17-14-11-8-5-2/h7,9-10,12,16-21,25-30,33-34,36-37,39-40,42-44,47-49,51-52,57,60,74H,4-6,8,11,13-15,22-24,31-32,35,38,41,45-46,50,53-56,58-59,61-73H2,1-3H3/b10-7-,12-9-,19-16-,20-17-,21-18-,28-25-,29-26-,30-27-,34-33-,37-36-,40-39-,44-42-,47-43-,51-48-,52-49-,60-57-. The number of esters is 3. The van der Waals surface area contributed by atoms with Gasteiger partial charge < -0.3 is 14.2 Å². The largest absolute Gasteiger partial charge is 0.462 e. The molecule has 0 N–H and O–H groups in total. The number of ether oxygens (including phenoxy) is 3. The predicted octanol–water partition coefficient (Wildman–Crippen LogP) is 23.0. The number of carbonyl (C=O) groups excluding carboxylic acids is 3. The van der Waals surface area contributed by atoms with E-state index < -0.39 is 6.10 Å². The van der Waals surface area contributed by atoms with Crippen molar-refractivity contribution in [3.63, 3.8) is 0 Å². The Hall–Kier alpha value is -5.75. The van der Waals surface area contributed by atoms with E-state index in [1.807, 2.05) is 0 Å². The Bertz CT molecular complexity index is 1990. The molecule has 0 radical (unpaired) electrons. The summed E-state index contributed by atoms with van der Waals surface area (Å²) >= 11 is 0. The normalized spacial score (nSPS) is 13.4. The fourth-order valence-corrected chi connectivity index (χ4v) is 8.21.